The Morgan fingerprint density at radius 1 is 1.42 bits per heavy atom. The lowest BCUT2D eigenvalue weighted by Crippen LogP contribution is -2.22. The second-order valence-corrected chi connectivity index (χ2v) is 5.02. The van der Waals surface area contributed by atoms with Gasteiger partial charge in [-0.2, -0.15) is 0 Å². The van der Waals surface area contributed by atoms with Crippen molar-refractivity contribution in [2.45, 2.75) is 32.2 Å². The van der Waals surface area contributed by atoms with E-state index in [1.807, 2.05) is 0 Å². The zero-order valence-corrected chi connectivity index (χ0v) is 11.1. The third-order valence-electron chi connectivity index (χ3n) is 3.56. The lowest BCUT2D eigenvalue weighted by atomic mass is 10.1. The molecule has 1 amide bonds. The highest BCUT2D eigenvalue weighted by molar-refractivity contribution is 5.94. The molecule has 0 aromatic heterocycles. The molecular weight excluding hydrogens is 245 g/mol. The Bertz CT molecular complexity index is 468. The minimum atomic E-state index is -0.607. The fourth-order valence-electron chi connectivity index (χ4n) is 2.35. The zero-order valence-electron chi connectivity index (χ0n) is 11.1. The van der Waals surface area contributed by atoms with Gasteiger partial charge in [0.05, 0.1) is 0 Å². The van der Waals surface area contributed by atoms with Crippen molar-refractivity contribution in [1.29, 1.82) is 0 Å². The monoisotopic (exact) mass is 265 g/mol. The fraction of sp³-hybridized carbons (Fsp3) is 0.500. The van der Waals surface area contributed by atoms with Gasteiger partial charge in [-0.3, -0.25) is 4.79 Å². The summed E-state index contributed by atoms with van der Waals surface area (Å²) in [6.45, 7) is 3.68. The molecule has 104 valence electrons. The van der Waals surface area contributed by atoms with E-state index < -0.39 is 11.7 Å². The summed E-state index contributed by atoms with van der Waals surface area (Å²) >= 11 is 0. The van der Waals surface area contributed by atoms with Crippen LogP contribution < -0.4 is 16.4 Å². The van der Waals surface area contributed by atoms with E-state index in [0.717, 1.165) is 32.4 Å². The van der Waals surface area contributed by atoms with Gasteiger partial charge >= 0.3 is 0 Å². The molecular formula is C14H20FN3O. The lowest BCUT2D eigenvalue weighted by Gasteiger charge is -2.19. The normalized spacial score (nSPS) is 19.8. The van der Waals surface area contributed by atoms with E-state index in [1.165, 1.54) is 6.07 Å². The Morgan fingerprint density at radius 2 is 2.21 bits per heavy atom. The van der Waals surface area contributed by atoms with Crippen LogP contribution in [-0.4, -0.2) is 25.0 Å². The van der Waals surface area contributed by atoms with Gasteiger partial charge in [0.2, 0.25) is 5.91 Å². The standard InChI is InChI=1S/C14H20FN3O/c1-9-12(15)7-10(14(16)19)8-13(9)18-11-3-2-5-17-6-4-11/h7-8,11,17-18H,2-6H2,1H3,(H2,16,19). The Labute approximate surface area is 112 Å². The number of nitrogens with one attached hydrogen (secondary N) is 2. The highest BCUT2D eigenvalue weighted by Crippen LogP contribution is 2.23. The molecule has 0 bridgehead atoms. The maximum atomic E-state index is 13.8. The Kier molecular flexibility index (Phi) is 4.37. The van der Waals surface area contributed by atoms with E-state index in [9.17, 15) is 9.18 Å². The number of hydrogen-bond donors (Lipinski definition) is 3. The van der Waals surface area contributed by atoms with E-state index in [0.29, 0.717) is 17.3 Å². The molecule has 1 aromatic rings. The highest BCUT2D eigenvalue weighted by atomic mass is 19.1. The summed E-state index contributed by atoms with van der Waals surface area (Å²) in [5.41, 5.74) is 6.62. The first-order valence-electron chi connectivity index (χ1n) is 6.65. The Balaban J connectivity index is 2.20. The van der Waals surface area contributed by atoms with Crippen molar-refractivity contribution in [1.82, 2.24) is 5.32 Å². The quantitative estimate of drug-likeness (QED) is 0.780. The van der Waals surface area contributed by atoms with Crippen molar-refractivity contribution in [3.8, 4) is 0 Å². The molecule has 4 N–H and O–H groups in total. The van der Waals surface area contributed by atoms with Crippen LogP contribution in [0.25, 0.3) is 0 Å². The van der Waals surface area contributed by atoms with Gasteiger partial charge in [-0.05, 0) is 51.4 Å². The number of nitrogens with two attached hydrogens (primary N) is 1. The summed E-state index contributed by atoms with van der Waals surface area (Å²) in [4.78, 5) is 11.2. The number of benzene rings is 1. The molecule has 2 rings (SSSR count). The van der Waals surface area contributed by atoms with Crippen molar-refractivity contribution in [2.75, 3.05) is 18.4 Å². The van der Waals surface area contributed by atoms with Gasteiger partial charge in [0.25, 0.3) is 0 Å². The van der Waals surface area contributed by atoms with Crippen LogP contribution in [0.3, 0.4) is 0 Å². The minimum Gasteiger partial charge on any atom is -0.382 e. The maximum Gasteiger partial charge on any atom is 0.248 e. The number of hydrogen-bond acceptors (Lipinski definition) is 3. The molecule has 1 aliphatic heterocycles. The first-order chi connectivity index (χ1) is 9.08. The number of carbonyl (C=O) groups excluding carboxylic acids is 1. The summed E-state index contributed by atoms with van der Waals surface area (Å²) in [5.74, 6) is -1.00. The molecule has 1 aliphatic rings. The summed E-state index contributed by atoms with van der Waals surface area (Å²) < 4.78 is 13.8. The number of amides is 1. The van der Waals surface area contributed by atoms with Crippen LogP contribution in [0.5, 0.6) is 0 Å². The van der Waals surface area contributed by atoms with E-state index in [-0.39, 0.29) is 5.56 Å². The smallest absolute Gasteiger partial charge is 0.248 e. The largest absolute Gasteiger partial charge is 0.382 e. The maximum absolute atomic E-state index is 13.8. The van der Waals surface area contributed by atoms with E-state index in [1.54, 1.807) is 13.0 Å². The molecule has 1 aromatic carbocycles. The van der Waals surface area contributed by atoms with Gasteiger partial charge in [0, 0.05) is 22.9 Å². The van der Waals surface area contributed by atoms with Crippen LogP contribution in [0.2, 0.25) is 0 Å². The van der Waals surface area contributed by atoms with Crippen molar-refractivity contribution in [2.24, 2.45) is 5.73 Å². The Morgan fingerprint density at radius 3 is 2.95 bits per heavy atom. The average molecular weight is 265 g/mol. The second kappa shape index (κ2) is 6.02. The molecule has 19 heavy (non-hydrogen) atoms. The van der Waals surface area contributed by atoms with Crippen LogP contribution >= 0.6 is 0 Å². The van der Waals surface area contributed by atoms with Crippen LogP contribution in [0.15, 0.2) is 12.1 Å². The molecule has 0 radical (unpaired) electrons. The van der Waals surface area contributed by atoms with Gasteiger partial charge in [0.1, 0.15) is 5.82 Å². The molecule has 0 aliphatic carbocycles. The molecule has 1 saturated heterocycles. The predicted octanol–water partition coefficient (Wildman–Crippen LogP) is 1.79. The van der Waals surface area contributed by atoms with Gasteiger partial charge in [0.15, 0.2) is 0 Å². The molecule has 1 fully saturated rings. The summed E-state index contributed by atoms with van der Waals surface area (Å²) in [6.07, 6.45) is 3.12. The van der Waals surface area contributed by atoms with E-state index >= 15 is 0 Å². The van der Waals surface area contributed by atoms with Gasteiger partial charge in [-0.1, -0.05) is 0 Å². The van der Waals surface area contributed by atoms with Crippen molar-refractivity contribution in [3.63, 3.8) is 0 Å². The van der Waals surface area contributed by atoms with Gasteiger partial charge in [-0.15, -0.1) is 0 Å². The molecule has 4 nitrogen and oxygen atoms in total. The molecule has 0 saturated carbocycles. The van der Waals surface area contributed by atoms with E-state index in [4.69, 9.17) is 5.73 Å². The van der Waals surface area contributed by atoms with Crippen molar-refractivity contribution in [3.05, 3.63) is 29.1 Å². The molecule has 1 unspecified atom stereocenters. The van der Waals surface area contributed by atoms with Crippen LogP contribution in [-0.2, 0) is 0 Å². The molecule has 1 heterocycles. The fourth-order valence-corrected chi connectivity index (χ4v) is 2.35. The minimum absolute atomic E-state index is 0.206. The number of primary amides is 1. The Hall–Kier alpha value is -1.62. The third kappa shape index (κ3) is 3.44. The van der Waals surface area contributed by atoms with Crippen molar-refractivity contribution >= 4 is 11.6 Å². The first-order valence-corrected chi connectivity index (χ1v) is 6.65. The van der Waals surface area contributed by atoms with Crippen LogP contribution in [0.1, 0.15) is 35.2 Å². The summed E-state index contributed by atoms with van der Waals surface area (Å²) in [6, 6.07) is 3.13. The predicted molar refractivity (Wildman–Crippen MR) is 73.8 cm³/mol. The van der Waals surface area contributed by atoms with Gasteiger partial charge in [-0.25, -0.2) is 4.39 Å². The SMILES string of the molecule is Cc1c(F)cc(C(N)=O)cc1NC1CCCNCC1. The molecule has 0 spiro atoms. The summed E-state index contributed by atoms with van der Waals surface area (Å²) in [7, 11) is 0. The highest BCUT2D eigenvalue weighted by Gasteiger charge is 2.15. The van der Waals surface area contributed by atoms with Crippen LogP contribution in [0, 0.1) is 12.7 Å². The topological polar surface area (TPSA) is 67.2 Å². The average Bonchev–Trinajstić information content (AvgIpc) is 2.63. The zero-order chi connectivity index (χ0) is 13.8. The van der Waals surface area contributed by atoms with Crippen molar-refractivity contribution < 1.29 is 9.18 Å². The lowest BCUT2D eigenvalue weighted by molar-refractivity contribution is 0.1000. The number of rotatable bonds is 3. The van der Waals surface area contributed by atoms with E-state index in [2.05, 4.69) is 10.6 Å². The van der Waals surface area contributed by atoms with Gasteiger partial charge < -0.3 is 16.4 Å². The second-order valence-electron chi connectivity index (χ2n) is 5.02. The van der Waals surface area contributed by atoms with Crippen LogP contribution in [0.4, 0.5) is 10.1 Å². The summed E-state index contributed by atoms with van der Waals surface area (Å²) in [5, 5.41) is 6.67. The molecule has 1 atom stereocenters. The number of carbonyl (C=O) groups is 1. The number of anilines is 1. The number of halogens is 1. The molecule has 5 heteroatoms. The first kappa shape index (κ1) is 13.8. The third-order valence-corrected chi connectivity index (χ3v) is 3.56.